The average Bonchev–Trinajstić information content (AvgIpc) is 2.36. The van der Waals surface area contributed by atoms with E-state index in [2.05, 4.69) is 25.6 Å². The van der Waals surface area contributed by atoms with Crippen molar-refractivity contribution in [3.05, 3.63) is 59.9 Å². The molecule has 0 aliphatic rings. The molecule has 1 aromatic rings. The molecule has 0 radical (unpaired) electrons. The second-order valence-corrected chi connectivity index (χ2v) is 4.13. The molecule has 0 aliphatic heterocycles. The molecular weight excluding hydrogens is 224 g/mol. The Labute approximate surface area is 109 Å². The van der Waals surface area contributed by atoms with Gasteiger partial charge < -0.3 is 4.74 Å². The van der Waals surface area contributed by atoms with Crippen LogP contribution in [0.15, 0.2) is 54.3 Å². The van der Waals surface area contributed by atoms with Crippen molar-refractivity contribution in [3.63, 3.8) is 0 Å². The van der Waals surface area contributed by atoms with Crippen molar-refractivity contribution in [3.8, 4) is 0 Å². The largest absolute Gasteiger partial charge is 0.431 e. The molecule has 2 heteroatoms. The maximum absolute atomic E-state index is 11.1. The van der Waals surface area contributed by atoms with Gasteiger partial charge in [0.2, 0.25) is 0 Å². The van der Waals surface area contributed by atoms with Crippen LogP contribution in [0.5, 0.6) is 0 Å². The number of esters is 1. The van der Waals surface area contributed by atoms with Crippen LogP contribution < -0.4 is 0 Å². The second-order valence-electron chi connectivity index (χ2n) is 4.13. The van der Waals surface area contributed by atoms with Crippen molar-refractivity contribution < 1.29 is 9.53 Å². The van der Waals surface area contributed by atoms with Crippen LogP contribution in [-0.2, 0) is 16.0 Å². The van der Waals surface area contributed by atoms with Gasteiger partial charge >= 0.3 is 5.97 Å². The Bertz CT molecular complexity index is 430. The van der Waals surface area contributed by atoms with Gasteiger partial charge in [-0.25, -0.2) is 0 Å². The molecule has 0 amide bonds. The Morgan fingerprint density at radius 2 is 2.00 bits per heavy atom. The number of ether oxygens (including phenoxy) is 1. The molecule has 2 nitrogen and oxygen atoms in total. The average molecular weight is 244 g/mol. The highest BCUT2D eigenvalue weighted by atomic mass is 16.5. The van der Waals surface area contributed by atoms with Crippen LogP contribution in [0.1, 0.15) is 32.3 Å². The highest BCUT2D eigenvalue weighted by molar-refractivity contribution is 5.67. The fraction of sp³-hybridized carbons (Fsp3) is 0.312. The molecule has 1 rings (SSSR count). The molecule has 96 valence electrons. The zero-order valence-electron chi connectivity index (χ0n) is 11.1. The third kappa shape index (κ3) is 4.58. The molecule has 0 aliphatic carbocycles. The van der Waals surface area contributed by atoms with Gasteiger partial charge in [0, 0.05) is 13.3 Å². The number of hydrogen-bond donors (Lipinski definition) is 0. The van der Waals surface area contributed by atoms with E-state index in [1.54, 1.807) is 6.08 Å². The second kappa shape index (κ2) is 7.49. The number of carbonyl (C=O) groups is 1. The summed E-state index contributed by atoms with van der Waals surface area (Å²) in [5, 5.41) is 0. The maximum atomic E-state index is 11.1. The molecule has 0 saturated heterocycles. The summed E-state index contributed by atoms with van der Waals surface area (Å²) >= 11 is 0. The fourth-order valence-electron chi connectivity index (χ4n) is 1.83. The number of benzene rings is 1. The molecule has 0 saturated carbocycles. The first-order chi connectivity index (χ1) is 8.67. The van der Waals surface area contributed by atoms with Crippen molar-refractivity contribution in [2.24, 2.45) is 0 Å². The summed E-state index contributed by atoms with van der Waals surface area (Å²) < 4.78 is 5.29. The molecule has 0 spiro atoms. The lowest BCUT2D eigenvalue weighted by molar-refractivity contribution is -0.137. The lowest BCUT2D eigenvalue weighted by atomic mass is 10.0. The van der Waals surface area contributed by atoms with Gasteiger partial charge in [0.15, 0.2) is 0 Å². The van der Waals surface area contributed by atoms with Crippen molar-refractivity contribution in [1.82, 2.24) is 0 Å². The van der Waals surface area contributed by atoms with Gasteiger partial charge in [-0.15, -0.1) is 6.58 Å². The van der Waals surface area contributed by atoms with E-state index in [0.717, 1.165) is 24.2 Å². The summed E-state index contributed by atoms with van der Waals surface area (Å²) in [4.78, 5) is 11.1. The Kier molecular flexibility index (Phi) is 5.92. The summed E-state index contributed by atoms with van der Waals surface area (Å²) in [6.45, 7) is 7.21. The first kappa shape index (κ1) is 14.2. The molecule has 0 bridgehead atoms. The molecule has 0 atom stereocenters. The zero-order valence-corrected chi connectivity index (χ0v) is 11.1. The number of carbonyl (C=O) groups excluding carboxylic acids is 1. The van der Waals surface area contributed by atoms with Gasteiger partial charge in [-0.05, 0) is 24.0 Å². The van der Waals surface area contributed by atoms with Crippen LogP contribution in [0.2, 0.25) is 0 Å². The molecule has 0 heterocycles. The van der Waals surface area contributed by atoms with Crippen molar-refractivity contribution in [1.29, 1.82) is 0 Å². The number of allylic oxidation sites excluding steroid dienone is 2. The summed E-state index contributed by atoms with van der Waals surface area (Å²) in [6, 6.07) is 10.2. The third-order valence-electron chi connectivity index (χ3n) is 2.68. The smallest absolute Gasteiger partial charge is 0.307 e. The first-order valence-electron chi connectivity index (χ1n) is 6.21. The molecule has 18 heavy (non-hydrogen) atoms. The van der Waals surface area contributed by atoms with Crippen LogP contribution >= 0.6 is 0 Å². The Hall–Kier alpha value is -1.83. The minimum absolute atomic E-state index is 0.272. The fourth-order valence-corrected chi connectivity index (χ4v) is 1.83. The lowest BCUT2D eigenvalue weighted by Gasteiger charge is -2.12. The highest BCUT2D eigenvalue weighted by Gasteiger charge is 2.09. The van der Waals surface area contributed by atoms with Crippen LogP contribution in [-0.4, -0.2) is 5.97 Å². The van der Waals surface area contributed by atoms with Gasteiger partial charge in [-0.2, -0.15) is 0 Å². The van der Waals surface area contributed by atoms with E-state index in [9.17, 15) is 4.79 Å². The molecular formula is C16H20O2. The van der Waals surface area contributed by atoms with Crippen LogP contribution in [0.3, 0.4) is 0 Å². The zero-order chi connectivity index (χ0) is 13.4. The number of hydrogen-bond acceptors (Lipinski definition) is 2. The van der Waals surface area contributed by atoms with E-state index in [1.807, 2.05) is 18.2 Å². The maximum Gasteiger partial charge on any atom is 0.307 e. The highest BCUT2D eigenvalue weighted by Crippen LogP contribution is 2.19. The van der Waals surface area contributed by atoms with E-state index in [1.165, 1.54) is 12.5 Å². The normalized spacial score (nSPS) is 11.7. The number of rotatable bonds is 6. The van der Waals surface area contributed by atoms with E-state index in [-0.39, 0.29) is 5.97 Å². The van der Waals surface area contributed by atoms with E-state index < -0.39 is 0 Å². The Morgan fingerprint density at radius 1 is 1.33 bits per heavy atom. The minimum Gasteiger partial charge on any atom is -0.431 e. The van der Waals surface area contributed by atoms with Gasteiger partial charge in [-0.1, -0.05) is 43.3 Å². The molecule has 0 N–H and O–H groups in total. The van der Waals surface area contributed by atoms with E-state index in [4.69, 9.17) is 4.74 Å². The van der Waals surface area contributed by atoms with Crippen molar-refractivity contribution >= 4 is 5.97 Å². The molecule has 0 aromatic heterocycles. The predicted molar refractivity (Wildman–Crippen MR) is 74.0 cm³/mol. The first-order valence-corrected chi connectivity index (χ1v) is 6.21. The summed E-state index contributed by atoms with van der Waals surface area (Å²) in [6.07, 6.45) is 4.04. The monoisotopic (exact) mass is 244 g/mol. The molecule has 0 unspecified atom stereocenters. The topological polar surface area (TPSA) is 26.3 Å². The van der Waals surface area contributed by atoms with E-state index in [0.29, 0.717) is 6.42 Å². The molecule has 0 fully saturated rings. The van der Waals surface area contributed by atoms with Gasteiger partial charge in [0.25, 0.3) is 0 Å². The minimum atomic E-state index is -0.272. The van der Waals surface area contributed by atoms with E-state index >= 15 is 0 Å². The summed E-state index contributed by atoms with van der Waals surface area (Å²) in [7, 11) is 0. The predicted octanol–water partition coefficient (Wildman–Crippen LogP) is 4.03. The Morgan fingerprint density at radius 3 is 2.50 bits per heavy atom. The lowest BCUT2D eigenvalue weighted by Crippen LogP contribution is -2.04. The Balaban J connectivity index is 2.94. The van der Waals surface area contributed by atoms with Crippen LogP contribution in [0, 0.1) is 0 Å². The van der Waals surface area contributed by atoms with Crippen molar-refractivity contribution in [2.45, 2.75) is 33.1 Å². The molecule has 1 aromatic carbocycles. The van der Waals surface area contributed by atoms with Gasteiger partial charge in [0.1, 0.15) is 5.76 Å². The van der Waals surface area contributed by atoms with Gasteiger partial charge in [0.05, 0.1) is 0 Å². The third-order valence-corrected chi connectivity index (χ3v) is 2.68. The van der Waals surface area contributed by atoms with Crippen LogP contribution in [0.25, 0.3) is 0 Å². The quantitative estimate of drug-likeness (QED) is 0.429. The standard InChI is InChI=1S/C16H20O2/c1-4-9-16(18-13(3)17)15(5-2)12-14-10-7-6-8-11-14/h4,6-8,10-11H,1,5,9,12H2,2-3H3/b16-15+. The summed E-state index contributed by atoms with van der Waals surface area (Å²) in [5.74, 6) is 0.467. The van der Waals surface area contributed by atoms with Crippen LogP contribution in [0.4, 0.5) is 0 Å². The van der Waals surface area contributed by atoms with Crippen molar-refractivity contribution in [2.75, 3.05) is 0 Å². The summed E-state index contributed by atoms with van der Waals surface area (Å²) in [5.41, 5.74) is 2.37. The SMILES string of the molecule is C=CC/C(OC(C)=O)=C(/CC)Cc1ccccc1. The van der Waals surface area contributed by atoms with Gasteiger partial charge in [-0.3, -0.25) is 4.79 Å².